The molecule has 1 heterocycles. The van der Waals surface area contributed by atoms with E-state index < -0.39 is 0 Å². The van der Waals surface area contributed by atoms with E-state index in [9.17, 15) is 0 Å². The molecule has 1 saturated carbocycles. The van der Waals surface area contributed by atoms with E-state index in [1.165, 1.54) is 24.0 Å². The summed E-state index contributed by atoms with van der Waals surface area (Å²) in [6, 6.07) is 7.20. The van der Waals surface area contributed by atoms with Crippen LogP contribution >= 0.6 is 0 Å². The van der Waals surface area contributed by atoms with E-state index in [0.29, 0.717) is 0 Å². The molecule has 2 heteroatoms. The van der Waals surface area contributed by atoms with E-state index in [1.807, 2.05) is 6.07 Å². The maximum absolute atomic E-state index is 5.80. The molecule has 0 saturated heterocycles. The first-order valence-corrected chi connectivity index (χ1v) is 5.89. The Hall–Kier alpha value is -1.02. The van der Waals surface area contributed by atoms with Gasteiger partial charge in [0, 0.05) is 24.8 Å². The van der Waals surface area contributed by atoms with Gasteiger partial charge in [0.2, 0.25) is 0 Å². The molecule has 0 spiro atoms. The minimum absolute atomic E-state index is 0.851. The van der Waals surface area contributed by atoms with Crippen LogP contribution in [0, 0.1) is 5.92 Å². The van der Waals surface area contributed by atoms with Gasteiger partial charge < -0.3 is 5.73 Å². The van der Waals surface area contributed by atoms with Gasteiger partial charge in [0.15, 0.2) is 0 Å². The fourth-order valence-electron chi connectivity index (χ4n) is 2.79. The summed E-state index contributed by atoms with van der Waals surface area (Å²) in [6.45, 7) is 4.55. The van der Waals surface area contributed by atoms with Crippen LogP contribution in [0.4, 0.5) is 5.69 Å². The summed E-state index contributed by atoms with van der Waals surface area (Å²) >= 11 is 0. The van der Waals surface area contributed by atoms with Crippen molar-refractivity contribution in [3.8, 4) is 0 Å². The number of hydrogen-bond donors (Lipinski definition) is 1. The van der Waals surface area contributed by atoms with Crippen LogP contribution in [-0.2, 0) is 13.1 Å². The largest absolute Gasteiger partial charge is 0.399 e. The molecule has 3 rings (SSSR count). The third-order valence-corrected chi connectivity index (χ3v) is 3.86. The molecule has 0 aromatic heterocycles. The van der Waals surface area contributed by atoms with E-state index in [-0.39, 0.29) is 0 Å². The molecular formula is C13H18N2. The Morgan fingerprint density at radius 1 is 1.33 bits per heavy atom. The molecule has 80 valence electrons. The van der Waals surface area contributed by atoms with Crippen molar-refractivity contribution in [2.45, 2.75) is 38.9 Å². The lowest BCUT2D eigenvalue weighted by molar-refractivity contribution is 0.259. The van der Waals surface area contributed by atoms with E-state index in [1.54, 1.807) is 0 Å². The third kappa shape index (κ3) is 1.53. The highest BCUT2D eigenvalue weighted by Gasteiger charge is 2.41. The standard InChI is InChI=1S/C13H18N2/c1-2-9-6-13(9)15-7-10-3-4-12(14)5-11(10)8-15/h3-5,9,13H,2,6-8,14H2,1H3. The highest BCUT2D eigenvalue weighted by atomic mass is 15.2. The second-order valence-electron chi connectivity index (χ2n) is 4.90. The Morgan fingerprint density at radius 3 is 2.87 bits per heavy atom. The molecule has 2 nitrogen and oxygen atoms in total. The van der Waals surface area contributed by atoms with Crippen molar-refractivity contribution in [2.24, 2.45) is 5.92 Å². The maximum Gasteiger partial charge on any atom is 0.0317 e. The molecule has 2 N–H and O–H groups in total. The molecule has 1 aliphatic carbocycles. The Kier molecular flexibility index (Phi) is 1.99. The predicted molar refractivity (Wildman–Crippen MR) is 62.3 cm³/mol. The van der Waals surface area contributed by atoms with Crippen LogP contribution in [0.25, 0.3) is 0 Å². The lowest BCUT2D eigenvalue weighted by Gasteiger charge is -2.13. The molecule has 2 unspecified atom stereocenters. The van der Waals surface area contributed by atoms with Gasteiger partial charge in [-0.1, -0.05) is 19.4 Å². The molecule has 15 heavy (non-hydrogen) atoms. The molecule has 2 aliphatic rings. The van der Waals surface area contributed by atoms with Gasteiger partial charge in [-0.3, -0.25) is 4.90 Å². The third-order valence-electron chi connectivity index (χ3n) is 3.86. The molecule has 1 aromatic carbocycles. The zero-order valence-corrected chi connectivity index (χ0v) is 9.24. The number of benzene rings is 1. The molecule has 1 fully saturated rings. The van der Waals surface area contributed by atoms with Crippen molar-refractivity contribution in [1.29, 1.82) is 0 Å². The van der Waals surface area contributed by atoms with Crippen LogP contribution in [0.15, 0.2) is 18.2 Å². The summed E-state index contributed by atoms with van der Waals surface area (Å²) in [6.07, 6.45) is 2.74. The fourth-order valence-corrected chi connectivity index (χ4v) is 2.79. The van der Waals surface area contributed by atoms with Crippen molar-refractivity contribution in [2.75, 3.05) is 5.73 Å². The van der Waals surface area contributed by atoms with Crippen LogP contribution < -0.4 is 5.73 Å². The maximum atomic E-state index is 5.80. The van der Waals surface area contributed by atoms with E-state index in [2.05, 4.69) is 24.0 Å². The molecule has 0 bridgehead atoms. The smallest absolute Gasteiger partial charge is 0.0317 e. The van der Waals surface area contributed by atoms with Crippen LogP contribution in [0.5, 0.6) is 0 Å². The van der Waals surface area contributed by atoms with Crippen molar-refractivity contribution in [3.63, 3.8) is 0 Å². The molecule has 1 aliphatic heterocycles. The van der Waals surface area contributed by atoms with Gasteiger partial charge >= 0.3 is 0 Å². The number of fused-ring (bicyclic) bond motifs is 1. The topological polar surface area (TPSA) is 29.3 Å². The number of anilines is 1. The first-order valence-electron chi connectivity index (χ1n) is 5.89. The van der Waals surface area contributed by atoms with Gasteiger partial charge in [-0.15, -0.1) is 0 Å². The van der Waals surface area contributed by atoms with Crippen LogP contribution in [0.2, 0.25) is 0 Å². The number of hydrogen-bond acceptors (Lipinski definition) is 2. The van der Waals surface area contributed by atoms with Gasteiger partial charge in [0.25, 0.3) is 0 Å². The molecule has 0 amide bonds. The summed E-state index contributed by atoms with van der Waals surface area (Å²) in [5, 5.41) is 0. The summed E-state index contributed by atoms with van der Waals surface area (Å²) < 4.78 is 0. The van der Waals surface area contributed by atoms with E-state index in [4.69, 9.17) is 5.73 Å². The van der Waals surface area contributed by atoms with Crippen LogP contribution in [0.3, 0.4) is 0 Å². The van der Waals surface area contributed by atoms with E-state index >= 15 is 0 Å². The average Bonchev–Trinajstić information content (AvgIpc) is 2.91. The summed E-state index contributed by atoms with van der Waals surface area (Å²) in [5.41, 5.74) is 9.62. The minimum atomic E-state index is 0.851. The lowest BCUT2D eigenvalue weighted by Crippen LogP contribution is -2.20. The molecular weight excluding hydrogens is 184 g/mol. The molecule has 1 aromatic rings. The van der Waals surface area contributed by atoms with Gasteiger partial charge in [-0.25, -0.2) is 0 Å². The second kappa shape index (κ2) is 3.24. The normalized spacial score (nSPS) is 29.1. The average molecular weight is 202 g/mol. The van der Waals surface area contributed by atoms with E-state index in [0.717, 1.165) is 30.7 Å². The number of rotatable bonds is 2. The summed E-state index contributed by atoms with van der Waals surface area (Å²) in [7, 11) is 0. The van der Waals surface area contributed by atoms with Crippen LogP contribution in [0.1, 0.15) is 30.9 Å². The van der Waals surface area contributed by atoms with Gasteiger partial charge in [0.1, 0.15) is 0 Å². The van der Waals surface area contributed by atoms with Gasteiger partial charge in [-0.05, 0) is 35.6 Å². The zero-order chi connectivity index (χ0) is 10.4. The van der Waals surface area contributed by atoms with Crippen molar-refractivity contribution in [3.05, 3.63) is 29.3 Å². The first-order chi connectivity index (χ1) is 7.28. The molecule has 0 radical (unpaired) electrons. The highest BCUT2D eigenvalue weighted by molar-refractivity contribution is 5.46. The van der Waals surface area contributed by atoms with Crippen molar-refractivity contribution in [1.82, 2.24) is 4.90 Å². The fraction of sp³-hybridized carbons (Fsp3) is 0.538. The molecule has 2 atom stereocenters. The number of nitrogen functional groups attached to an aromatic ring is 1. The van der Waals surface area contributed by atoms with Gasteiger partial charge in [0.05, 0.1) is 0 Å². The number of nitrogens with two attached hydrogens (primary N) is 1. The second-order valence-corrected chi connectivity index (χ2v) is 4.90. The highest BCUT2D eigenvalue weighted by Crippen LogP contribution is 2.42. The Morgan fingerprint density at radius 2 is 2.13 bits per heavy atom. The van der Waals surface area contributed by atoms with Gasteiger partial charge in [-0.2, -0.15) is 0 Å². The van der Waals surface area contributed by atoms with Crippen molar-refractivity contribution >= 4 is 5.69 Å². The Bertz CT molecular complexity index is 386. The summed E-state index contributed by atoms with van der Waals surface area (Å²) in [4.78, 5) is 2.61. The quantitative estimate of drug-likeness (QED) is 0.746. The lowest BCUT2D eigenvalue weighted by atomic mass is 10.1. The SMILES string of the molecule is CCC1CC1N1Cc2ccc(N)cc2C1. The summed E-state index contributed by atoms with van der Waals surface area (Å²) in [5.74, 6) is 0.955. The minimum Gasteiger partial charge on any atom is -0.399 e. The zero-order valence-electron chi connectivity index (χ0n) is 9.24. The predicted octanol–water partition coefficient (Wildman–Crippen LogP) is 2.38. The van der Waals surface area contributed by atoms with Crippen LogP contribution in [-0.4, -0.2) is 10.9 Å². The Labute approximate surface area is 91.1 Å². The first kappa shape index (κ1) is 9.22. The number of nitrogens with zero attached hydrogens (tertiary/aromatic N) is 1. The monoisotopic (exact) mass is 202 g/mol. The Balaban J connectivity index is 1.75. The van der Waals surface area contributed by atoms with Crippen molar-refractivity contribution < 1.29 is 0 Å².